The number of fused-ring (bicyclic) bond motifs is 28. The number of para-hydroxylation sites is 4. The molecule has 394 valence electrons. The van der Waals surface area contributed by atoms with E-state index < -0.39 is 6.98 Å². The van der Waals surface area contributed by atoms with Gasteiger partial charge in [0.15, 0.2) is 34.9 Å². The molecule has 4 aliphatic rings. The molecule has 0 saturated carbocycles. The van der Waals surface area contributed by atoms with Gasteiger partial charge in [-0.2, -0.15) is 13.7 Å². The third-order valence-corrected chi connectivity index (χ3v) is 21.1. The van der Waals surface area contributed by atoms with Gasteiger partial charge in [0.2, 0.25) is 10.6 Å². The summed E-state index contributed by atoms with van der Waals surface area (Å²) in [6.07, 6.45) is 7.36. The highest BCUT2D eigenvalue weighted by atomic mass is 32.1. The fourth-order valence-corrected chi connectivity index (χ4v) is 17.7. The van der Waals surface area contributed by atoms with Gasteiger partial charge in [-0.05, 0) is 91.0 Å². The van der Waals surface area contributed by atoms with Crippen molar-refractivity contribution >= 4 is 130 Å². The summed E-state index contributed by atoms with van der Waals surface area (Å²) < 4.78 is 54.0. The van der Waals surface area contributed by atoms with E-state index in [9.17, 15) is 0 Å². The van der Waals surface area contributed by atoms with Crippen molar-refractivity contribution in [1.82, 2.24) is 29.1 Å². The zero-order valence-electron chi connectivity index (χ0n) is 46.8. The monoisotopic (exact) mass is 1150 g/mol. The molecule has 83 heavy (non-hydrogen) atoms. The van der Waals surface area contributed by atoms with Crippen LogP contribution in [-0.4, -0.2) is 29.1 Å². The molecule has 0 atom stereocenters. The summed E-state index contributed by atoms with van der Waals surface area (Å²) >= 11 is 7.39. The van der Waals surface area contributed by atoms with Gasteiger partial charge in [-0.25, -0.2) is 24.1 Å². The lowest BCUT2D eigenvalue weighted by Gasteiger charge is -2.00. The van der Waals surface area contributed by atoms with Gasteiger partial charge in [0, 0.05) is 56.8 Å². The lowest BCUT2D eigenvalue weighted by atomic mass is 10.2. The number of pyridine rings is 4. The average molecular weight is 1150 g/mol. The van der Waals surface area contributed by atoms with Gasteiger partial charge in [0.25, 0.3) is 14.8 Å². The van der Waals surface area contributed by atoms with Gasteiger partial charge in [0.1, 0.15) is 50.5 Å². The standard InChI is InChI=1S/C21H14N3S.C16H12N3O.C15H9N2OS.C15H9N2S2/c1-2-8-15(9-3-1)24-17-11-5-4-10-16(17)19-20(24)23-13-14-7-6-12-22-18(14)21(23)25-19;1-18-12-7-3-2-6-11(12)14-15(18)19-9-10-5-4-8-17-13(10)16(19)20-14;1-2-6-11-10(5-1)13-14(18-11)17-8-9-4-3-7-16-12(9)15(17)19-13;1-2-6-11-10(5-1)13-15(18-11)17-8-9-4-3-7-16-12(9)14(17)19-13/h1-12H,13H2;2-8H,9H2,1H3;2*1-7H,8H2/q4*+1/i;1D3;;. The van der Waals surface area contributed by atoms with E-state index in [2.05, 4.69) is 147 Å². The first-order valence-electron chi connectivity index (χ1n) is 28.7. The number of thiazole rings is 3. The van der Waals surface area contributed by atoms with E-state index in [-0.39, 0.29) is 0 Å². The number of aromatic nitrogens is 10. The predicted molar refractivity (Wildman–Crippen MR) is 330 cm³/mol. The van der Waals surface area contributed by atoms with Crippen LogP contribution < -0.4 is 18.3 Å². The normalized spacial score (nSPS) is 13.6. The number of hydrogen-bond acceptors (Lipinski definition) is 10. The molecule has 0 saturated heterocycles. The fraction of sp³-hybridized carbons (Fsp3) is 0.0746. The van der Waals surface area contributed by atoms with Crippen molar-refractivity contribution in [1.29, 1.82) is 0 Å². The third kappa shape index (κ3) is 7.01. The highest BCUT2D eigenvalue weighted by Gasteiger charge is 2.39. The Bertz CT molecular complexity index is 5490. The van der Waals surface area contributed by atoms with Gasteiger partial charge >= 0.3 is 22.9 Å². The van der Waals surface area contributed by atoms with Crippen LogP contribution in [0.15, 0.2) is 210 Å². The number of rotatable bonds is 1. The van der Waals surface area contributed by atoms with Gasteiger partial charge < -0.3 is 8.83 Å². The Morgan fingerprint density at radius 1 is 0.434 bits per heavy atom. The first-order valence-corrected chi connectivity index (χ1v) is 30.5. The van der Waals surface area contributed by atoms with Crippen molar-refractivity contribution in [2.75, 3.05) is 0 Å². The molecule has 5 aromatic carbocycles. The topological polar surface area (TPSA) is 103 Å². The Balaban J connectivity index is 0.0000000871. The molecule has 0 bridgehead atoms. The summed E-state index contributed by atoms with van der Waals surface area (Å²) in [5.41, 5.74) is 16.6. The molecule has 16 heterocycles. The summed E-state index contributed by atoms with van der Waals surface area (Å²) in [5, 5.41) is 8.46. The van der Waals surface area contributed by atoms with Crippen molar-refractivity contribution in [2.45, 2.75) is 26.2 Å². The summed E-state index contributed by atoms with van der Waals surface area (Å²) in [6.45, 7) is 0.997. The molecule has 0 spiro atoms. The smallest absolute Gasteiger partial charge is 0.393 e. The second kappa shape index (κ2) is 18.2. The SMILES string of the molecule is [2H]C([2H])([2H])n1c2ccccc2c2oc3[n+](c21)Cc1cccnc1-3.c1ccc(-n2c3ccccc3c3sc4[n+](c32)Cc2cccnc2-4)cc1.c1cnc2c(c1)C[n+]1c-2sc2c3ccccc3oc21.c1cnc2c(c1)C[n+]1c-2sc2c3ccccc3sc21. The summed E-state index contributed by atoms with van der Waals surface area (Å²) in [7, 11) is 0. The van der Waals surface area contributed by atoms with Crippen LogP contribution in [0.25, 0.3) is 134 Å². The van der Waals surface area contributed by atoms with E-state index >= 15 is 0 Å². The molecule has 0 fully saturated rings. The van der Waals surface area contributed by atoms with Crippen LogP contribution >= 0.6 is 45.3 Å². The van der Waals surface area contributed by atoms with Gasteiger partial charge in [-0.15, -0.1) is 4.57 Å². The number of hydrogen-bond donors (Lipinski definition) is 0. The Hall–Kier alpha value is -9.58. The molecule has 4 aliphatic heterocycles. The van der Waals surface area contributed by atoms with Gasteiger partial charge in [-0.1, -0.05) is 130 Å². The van der Waals surface area contributed by atoms with E-state index in [1.807, 2.05) is 124 Å². The van der Waals surface area contributed by atoms with Crippen molar-refractivity contribution in [2.24, 2.45) is 6.98 Å². The van der Waals surface area contributed by atoms with Crippen LogP contribution in [0.3, 0.4) is 0 Å². The van der Waals surface area contributed by atoms with Crippen molar-refractivity contribution in [3.8, 4) is 49.4 Å². The van der Waals surface area contributed by atoms with Crippen LogP contribution in [0, 0.1) is 0 Å². The van der Waals surface area contributed by atoms with E-state index in [0.29, 0.717) is 29.2 Å². The molecular formula is C67H44N10O2S4+4. The minimum Gasteiger partial charge on any atom is -0.412 e. The average Bonchev–Trinajstić information content (AvgIpc) is 1.72. The summed E-state index contributed by atoms with van der Waals surface area (Å²) in [5.74, 6) is 0.620. The first-order chi connectivity index (χ1) is 42.3. The van der Waals surface area contributed by atoms with Crippen molar-refractivity contribution < 1.29 is 31.2 Å². The molecule has 17 aromatic rings. The number of oxazole rings is 1. The molecule has 12 aromatic heterocycles. The first kappa shape index (κ1) is 44.1. The van der Waals surface area contributed by atoms with Crippen LogP contribution in [0.4, 0.5) is 0 Å². The minimum atomic E-state index is -2.28. The van der Waals surface area contributed by atoms with Crippen LogP contribution in [-0.2, 0) is 33.2 Å². The highest BCUT2D eigenvalue weighted by Crippen LogP contribution is 2.44. The Labute approximate surface area is 492 Å². The molecule has 0 unspecified atom stereocenters. The van der Waals surface area contributed by atoms with Gasteiger partial charge in [0.05, 0.1) is 27.6 Å². The number of furan rings is 1. The maximum atomic E-state index is 7.94. The second-order valence-electron chi connectivity index (χ2n) is 20.8. The maximum Gasteiger partial charge on any atom is 0.393 e. The molecule has 12 nitrogen and oxygen atoms in total. The molecule has 0 aliphatic carbocycles. The molecule has 16 heteroatoms. The molecular weight excluding hydrogens is 1110 g/mol. The number of benzene rings is 5. The summed E-state index contributed by atoms with van der Waals surface area (Å²) in [4.78, 5) is 19.5. The zero-order chi connectivity index (χ0) is 56.9. The van der Waals surface area contributed by atoms with Crippen LogP contribution in [0.2, 0.25) is 0 Å². The molecule has 21 rings (SSSR count). The second-order valence-corrected chi connectivity index (χ2v) is 24.9. The lowest BCUT2D eigenvalue weighted by Crippen LogP contribution is -2.32. The molecule has 0 amide bonds. The minimum absolute atomic E-state index is 0.567. The van der Waals surface area contributed by atoms with Crippen molar-refractivity contribution in [3.05, 3.63) is 223 Å². The lowest BCUT2D eigenvalue weighted by molar-refractivity contribution is -0.652. The quantitative estimate of drug-likeness (QED) is 0.152. The molecule has 0 radical (unpaired) electrons. The van der Waals surface area contributed by atoms with Crippen LogP contribution in [0.1, 0.15) is 26.4 Å². The van der Waals surface area contributed by atoms with E-state index in [0.717, 1.165) is 59.0 Å². The Morgan fingerprint density at radius 2 is 0.976 bits per heavy atom. The third-order valence-electron chi connectivity index (χ3n) is 16.2. The van der Waals surface area contributed by atoms with Crippen LogP contribution in [0.5, 0.6) is 0 Å². The number of nitrogens with zero attached hydrogens (tertiary/aromatic N) is 10. The predicted octanol–water partition coefficient (Wildman–Crippen LogP) is 14.4. The van der Waals surface area contributed by atoms with E-state index in [1.165, 1.54) is 98.6 Å². The van der Waals surface area contributed by atoms with Crippen molar-refractivity contribution in [3.63, 3.8) is 0 Å². The highest BCUT2D eigenvalue weighted by molar-refractivity contribution is 7.32. The van der Waals surface area contributed by atoms with E-state index in [4.69, 9.17) is 12.9 Å². The van der Waals surface area contributed by atoms with Gasteiger partial charge in [-0.3, -0.25) is 4.98 Å². The Kier molecular flexibility index (Phi) is 9.68. The summed E-state index contributed by atoms with van der Waals surface area (Å²) in [6, 6.07) is 60.0. The fourth-order valence-electron chi connectivity index (χ4n) is 12.5. The maximum absolute atomic E-state index is 7.94. The zero-order valence-corrected chi connectivity index (χ0v) is 47.1. The molecule has 0 N–H and O–H groups in total. The number of thiophene rings is 1. The largest absolute Gasteiger partial charge is 0.412 e. The Morgan fingerprint density at radius 3 is 1.71 bits per heavy atom. The number of aryl methyl sites for hydroxylation is 1. The van der Waals surface area contributed by atoms with E-state index in [1.54, 1.807) is 17.5 Å².